The molecule has 0 aliphatic carbocycles. The molecule has 9 heteroatoms. The van der Waals surface area contributed by atoms with E-state index >= 15 is 0 Å². The molecule has 0 saturated heterocycles. The summed E-state index contributed by atoms with van der Waals surface area (Å²) in [5, 5.41) is 7.21. The Bertz CT molecular complexity index is 938. The van der Waals surface area contributed by atoms with Crippen LogP contribution in [-0.4, -0.2) is 26.5 Å². The van der Waals surface area contributed by atoms with E-state index in [-0.39, 0.29) is 36.8 Å². The molecule has 2 aromatic carbocycles. The Kier molecular flexibility index (Phi) is 5.35. The van der Waals surface area contributed by atoms with Crippen LogP contribution in [0.5, 0.6) is 5.75 Å². The summed E-state index contributed by atoms with van der Waals surface area (Å²) in [5.74, 6) is -0.830. The number of hydrogen-bond acceptors (Lipinski definition) is 4. The first-order chi connectivity index (χ1) is 12.6. The van der Waals surface area contributed by atoms with Gasteiger partial charge in [-0.3, -0.25) is 4.39 Å². The van der Waals surface area contributed by atoms with Gasteiger partial charge in [0.15, 0.2) is 5.82 Å². The normalized spacial score (nSPS) is 10.9. The second-order valence-corrected chi connectivity index (χ2v) is 5.47. The molecule has 1 aromatic heterocycles. The first-order valence-corrected chi connectivity index (χ1v) is 7.84. The summed E-state index contributed by atoms with van der Waals surface area (Å²) in [4.78, 5) is 12.1. The van der Waals surface area contributed by atoms with Crippen LogP contribution in [0.25, 0.3) is 5.69 Å². The molecule has 3 rings (SSSR count). The van der Waals surface area contributed by atoms with Gasteiger partial charge in [-0.1, -0.05) is 12.1 Å². The van der Waals surface area contributed by atoms with Gasteiger partial charge in [0.2, 0.25) is 0 Å². The monoisotopic (exact) mass is 364 g/mol. The topological polar surface area (TPSA) is 61.9 Å². The van der Waals surface area contributed by atoms with E-state index in [1.165, 1.54) is 24.3 Å². The van der Waals surface area contributed by atoms with Gasteiger partial charge >= 0.3 is 5.69 Å². The quantitative estimate of drug-likeness (QED) is 0.647. The third-order valence-corrected chi connectivity index (χ3v) is 3.61. The van der Waals surface area contributed by atoms with E-state index in [0.29, 0.717) is 0 Å². The lowest BCUT2D eigenvalue weighted by Gasteiger charge is -2.08. The van der Waals surface area contributed by atoms with E-state index < -0.39 is 18.2 Å². The van der Waals surface area contributed by atoms with E-state index in [1.54, 1.807) is 12.1 Å². The molecule has 0 N–H and O–H groups in total. The maximum atomic E-state index is 14.3. The fourth-order valence-electron chi connectivity index (χ4n) is 2.27. The van der Waals surface area contributed by atoms with Crippen LogP contribution in [0, 0.1) is 11.6 Å². The summed E-state index contributed by atoms with van der Waals surface area (Å²) in [6, 6.07) is 9.68. The van der Waals surface area contributed by atoms with Crippen LogP contribution in [0.4, 0.5) is 13.2 Å². The van der Waals surface area contributed by atoms with Crippen LogP contribution < -0.4 is 10.4 Å². The summed E-state index contributed by atoms with van der Waals surface area (Å²) >= 11 is 0. The SMILES string of the molecule is O=c1n(CCCF)nnn1-c1ccc(OCc2ccc(F)cc2)cc1F. The maximum Gasteiger partial charge on any atom is 0.368 e. The van der Waals surface area contributed by atoms with Crippen molar-refractivity contribution in [2.75, 3.05) is 6.67 Å². The van der Waals surface area contributed by atoms with Crippen molar-refractivity contribution in [2.24, 2.45) is 0 Å². The molecule has 0 radical (unpaired) electrons. The second-order valence-electron chi connectivity index (χ2n) is 5.47. The van der Waals surface area contributed by atoms with Crippen LogP contribution in [0.15, 0.2) is 47.3 Å². The Morgan fingerprint density at radius 1 is 1.04 bits per heavy atom. The Balaban J connectivity index is 1.74. The maximum absolute atomic E-state index is 14.3. The van der Waals surface area contributed by atoms with Crippen molar-refractivity contribution in [3.63, 3.8) is 0 Å². The average Bonchev–Trinajstić information content (AvgIpc) is 3.00. The molecule has 26 heavy (non-hydrogen) atoms. The van der Waals surface area contributed by atoms with Crippen LogP contribution in [0.3, 0.4) is 0 Å². The van der Waals surface area contributed by atoms with Crippen molar-refractivity contribution < 1.29 is 17.9 Å². The standard InChI is InChI=1S/C17H15F3N4O2/c18-8-1-9-23-17(25)24(22-21-23)16-7-6-14(10-15(16)20)26-11-12-2-4-13(19)5-3-12/h2-7,10H,1,8-9,11H2. The lowest BCUT2D eigenvalue weighted by molar-refractivity contribution is 0.304. The van der Waals surface area contributed by atoms with Gasteiger partial charge in [-0.2, -0.15) is 9.36 Å². The van der Waals surface area contributed by atoms with Gasteiger partial charge in [0.1, 0.15) is 23.9 Å². The predicted octanol–water partition coefficient (Wildman–Crippen LogP) is 2.65. The van der Waals surface area contributed by atoms with Crippen molar-refractivity contribution in [1.82, 2.24) is 19.8 Å². The minimum Gasteiger partial charge on any atom is -0.489 e. The van der Waals surface area contributed by atoms with E-state index in [0.717, 1.165) is 21.0 Å². The fourth-order valence-corrected chi connectivity index (χ4v) is 2.27. The predicted molar refractivity (Wildman–Crippen MR) is 86.9 cm³/mol. The van der Waals surface area contributed by atoms with Crippen LogP contribution in [0.2, 0.25) is 0 Å². The highest BCUT2D eigenvalue weighted by Gasteiger charge is 2.13. The molecule has 0 spiro atoms. The van der Waals surface area contributed by atoms with Crippen molar-refractivity contribution >= 4 is 0 Å². The molecule has 1 heterocycles. The van der Waals surface area contributed by atoms with Gasteiger partial charge in [0.25, 0.3) is 0 Å². The van der Waals surface area contributed by atoms with Gasteiger partial charge in [0.05, 0.1) is 13.2 Å². The first kappa shape index (κ1) is 17.7. The number of nitrogens with zero attached hydrogens (tertiary/aromatic N) is 4. The first-order valence-electron chi connectivity index (χ1n) is 7.84. The number of ether oxygens (including phenoxy) is 1. The molecule has 0 aliphatic heterocycles. The Morgan fingerprint density at radius 2 is 1.81 bits per heavy atom. The summed E-state index contributed by atoms with van der Waals surface area (Å²) in [5.41, 5.74) is -0.0177. The van der Waals surface area contributed by atoms with Gasteiger partial charge in [-0.05, 0) is 46.7 Å². The van der Waals surface area contributed by atoms with Crippen molar-refractivity contribution in [1.29, 1.82) is 0 Å². The Morgan fingerprint density at radius 3 is 2.50 bits per heavy atom. The van der Waals surface area contributed by atoms with Gasteiger partial charge in [-0.15, -0.1) is 0 Å². The third kappa shape index (κ3) is 3.93. The van der Waals surface area contributed by atoms with E-state index in [1.807, 2.05) is 0 Å². The Hall–Kier alpha value is -3.10. The minimum atomic E-state index is -0.721. The van der Waals surface area contributed by atoms with E-state index in [2.05, 4.69) is 10.4 Å². The number of hydrogen-bond donors (Lipinski definition) is 0. The van der Waals surface area contributed by atoms with Gasteiger partial charge in [-0.25, -0.2) is 13.6 Å². The van der Waals surface area contributed by atoms with E-state index in [9.17, 15) is 18.0 Å². The highest BCUT2D eigenvalue weighted by atomic mass is 19.1. The van der Waals surface area contributed by atoms with Crippen LogP contribution in [0.1, 0.15) is 12.0 Å². The molecule has 0 amide bonds. The summed E-state index contributed by atoms with van der Waals surface area (Å²) in [7, 11) is 0. The Labute approximate surface area is 146 Å². The lowest BCUT2D eigenvalue weighted by atomic mass is 10.2. The van der Waals surface area contributed by atoms with E-state index in [4.69, 9.17) is 4.74 Å². The average molecular weight is 364 g/mol. The number of benzene rings is 2. The van der Waals surface area contributed by atoms with Crippen LogP contribution in [-0.2, 0) is 13.2 Å². The van der Waals surface area contributed by atoms with Gasteiger partial charge < -0.3 is 4.74 Å². The number of alkyl halides is 1. The molecular formula is C17H15F3N4O2. The molecule has 0 atom stereocenters. The van der Waals surface area contributed by atoms with Crippen molar-refractivity contribution in [2.45, 2.75) is 19.6 Å². The number of rotatable bonds is 7. The molecule has 0 unspecified atom stereocenters. The zero-order chi connectivity index (χ0) is 18.5. The molecule has 0 fully saturated rings. The number of halogens is 3. The lowest BCUT2D eigenvalue weighted by Crippen LogP contribution is -2.25. The number of tetrazole rings is 1. The number of aromatic nitrogens is 4. The van der Waals surface area contributed by atoms with Crippen molar-refractivity contribution in [3.8, 4) is 11.4 Å². The molecule has 0 saturated carbocycles. The zero-order valence-electron chi connectivity index (χ0n) is 13.6. The third-order valence-electron chi connectivity index (χ3n) is 3.61. The van der Waals surface area contributed by atoms with Gasteiger partial charge in [0, 0.05) is 6.07 Å². The van der Waals surface area contributed by atoms with Crippen molar-refractivity contribution in [3.05, 3.63) is 70.1 Å². The fraction of sp³-hybridized carbons (Fsp3) is 0.235. The minimum absolute atomic E-state index is 0.0653. The highest BCUT2D eigenvalue weighted by molar-refractivity contribution is 5.38. The summed E-state index contributed by atoms with van der Waals surface area (Å²) < 4.78 is 46.6. The molecule has 0 bridgehead atoms. The zero-order valence-corrected chi connectivity index (χ0v) is 13.6. The molecule has 6 nitrogen and oxygen atoms in total. The largest absolute Gasteiger partial charge is 0.489 e. The second kappa shape index (κ2) is 7.85. The van der Waals surface area contributed by atoms with Crippen LogP contribution >= 0.6 is 0 Å². The smallest absolute Gasteiger partial charge is 0.368 e. The molecule has 136 valence electrons. The molecular weight excluding hydrogens is 349 g/mol. The summed E-state index contributed by atoms with van der Waals surface area (Å²) in [6.45, 7) is -0.387. The highest BCUT2D eigenvalue weighted by Crippen LogP contribution is 2.19. The molecule has 0 aliphatic rings. The molecule has 3 aromatic rings. The summed E-state index contributed by atoms with van der Waals surface area (Å²) in [6.07, 6.45) is 0.122. The number of aryl methyl sites for hydroxylation is 1.